The summed E-state index contributed by atoms with van der Waals surface area (Å²) in [6.45, 7) is 1.93. The van der Waals surface area contributed by atoms with Gasteiger partial charge in [0.05, 0.1) is 5.56 Å². The minimum absolute atomic E-state index is 0.125. The van der Waals surface area contributed by atoms with Gasteiger partial charge >= 0.3 is 0 Å². The summed E-state index contributed by atoms with van der Waals surface area (Å²) >= 11 is 5.87. The van der Waals surface area contributed by atoms with E-state index in [1.54, 1.807) is 24.3 Å². The van der Waals surface area contributed by atoms with Gasteiger partial charge < -0.3 is 4.74 Å². The van der Waals surface area contributed by atoms with Crippen molar-refractivity contribution in [2.24, 2.45) is 0 Å². The summed E-state index contributed by atoms with van der Waals surface area (Å²) in [6, 6.07) is 14.1. The number of aryl methyl sites for hydroxylation is 1. The molecule has 3 nitrogen and oxygen atoms in total. The topological polar surface area (TPSA) is 50.1 Å². The molecule has 0 bridgehead atoms. The monoisotopic (exact) mass is 299 g/mol. The summed E-state index contributed by atoms with van der Waals surface area (Å²) in [6.07, 6.45) is 0.930. The maximum Gasteiger partial charge on any atom is 0.200 e. The average molecular weight is 300 g/mol. The normalized spacial score (nSPS) is 9.95. The van der Waals surface area contributed by atoms with Crippen LogP contribution in [0.25, 0.3) is 0 Å². The van der Waals surface area contributed by atoms with Gasteiger partial charge in [0.15, 0.2) is 12.4 Å². The van der Waals surface area contributed by atoms with Crippen LogP contribution in [0.1, 0.15) is 28.4 Å². The summed E-state index contributed by atoms with van der Waals surface area (Å²) in [7, 11) is 0. The van der Waals surface area contributed by atoms with E-state index in [1.165, 1.54) is 11.6 Å². The first-order chi connectivity index (χ1) is 10.1. The lowest BCUT2D eigenvalue weighted by atomic mass is 10.1. The first kappa shape index (κ1) is 15.1. The Morgan fingerprint density at radius 2 is 1.95 bits per heavy atom. The molecule has 0 aliphatic heterocycles. The molecule has 0 unspecified atom stereocenters. The molecule has 0 saturated heterocycles. The van der Waals surface area contributed by atoms with E-state index in [1.807, 2.05) is 18.2 Å². The summed E-state index contributed by atoms with van der Waals surface area (Å²) in [5.74, 6) is 0.185. The lowest BCUT2D eigenvalue weighted by molar-refractivity contribution is 0.0921. The Labute approximate surface area is 128 Å². The molecule has 0 fully saturated rings. The second-order valence-electron chi connectivity index (χ2n) is 4.51. The zero-order valence-electron chi connectivity index (χ0n) is 11.6. The van der Waals surface area contributed by atoms with Crippen LogP contribution in [0.15, 0.2) is 42.5 Å². The summed E-state index contributed by atoms with van der Waals surface area (Å²) in [5.41, 5.74) is 2.12. The van der Waals surface area contributed by atoms with E-state index in [-0.39, 0.29) is 12.4 Å². The van der Waals surface area contributed by atoms with Crippen molar-refractivity contribution in [1.82, 2.24) is 0 Å². The molecule has 2 aromatic carbocycles. The fraction of sp³-hybridized carbons (Fsp3) is 0.176. The number of nitrogens with zero attached hydrogens (tertiary/aromatic N) is 1. The van der Waals surface area contributed by atoms with Crippen molar-refractivity contribution < 1.29 is 9.53 Å². The van der Waals surface area contributed by atoms with Gasteiger partial charge in [-0.05, 0) is 24.1 Å². The van der Waals surface area contributed by atoms with E-state index < -0.39 is 0 Å². The molecule has 0 amide bonds. The van der Waals surface area contributed by atoms with Crippen molar-refractivity contribution in [3.8, 4) is 11.8 Å². The molecule has 0 aromatic heterocycles. The molecule has 0 saturated carbocycles. The molecule has 0 heterocycles. The Morgan fingerprint density at radius 1 is 1.24 bits per heavy atom. The van der Waals surface area contributed by atoms with E-state index in [2.05, 4.69) is 6.92 Å². The lowest BCUT2D eigenvalue weighted by Crippen LogP contribution is -2.12. The second kappa shape index (κ2) is 6.92. The van der Waals surface area contributed by atoms with E-state index >= 15 is 0 Å². The number of ketones is 1. The van der Waals surface area contributed by atoms with Gasteiger partial charge in [0.25, 0.3) is 0 Å². The Morgan fingerprint density at radius 3 is 2.57 bits per heavy atom. The van der Waals surface area contributed by atoms with Gasteiger partial charge in [0.1, 0.15) is 11.8 Å². The van der Waals surface area contributed by atoms with Gasteiger partial charge in [-0.3, -0.25) is 4.79 Å². The Balaban J connectivity index is 2.07. The Hall–Kier alpha value is -2.31. The van der Waals surface area contributed by atoms with Crippen LogP contribution in [0.4, 0.5) is 0 Å². The van der Waals surface area contributed by atoms with Gasteiger partial charge in [-0.1, -0.05) is 42.8 Å². The molecule has 0 radical (unpaired) electrons. The van der Waals surface area contributed by atoms with Gasteiger partial charge in [-0.25, -0.2) is 0 Å². The number of hydrogen-bond acceptors (Lipinski definition) is 3. The zero-order chi connectivity index (χ0) is 15.2. The quantitative estimate of drug-likeness (QED) is 0.783. The largest absolute Gasteiger partial charge is 0.484 e. The molecule has 0 aliphatic rings. The highest BCUT2D eigenvalue weighted by atomic mass is 35.5. The highest BCUT2D eigenvalue weighted by Crippen LogP contribution is 2.22. The van der Waals surface area contributed by atoms with Crippen molar-refractivity contribution in [2.45, 2.75) is 13.3 Å². The maximum absolute atomic E-state index is 12.1. The van der Waals surface area contributed by atoms with E-state index in [9.17, 15) is 4.79 Å². The standard InChI is InChI=1S/C17H14ClNO2/c1-2-12-3-5-13(6-4-12)16(20)11-21-17-9-15(18)8-7-14(17)10-19/h3-9H,2,11H2,1H3. The number of ether oxygens (including phenoxy) is 1. The summed E-state index contributed by atoms with van der Waals surface area (Å²) < 4.78 is 5.43. The third-order valence-corrected chi connectivity index (χ3v) is 3.34. The van der Waals surface area contributed by atoms with Crippen molar-refractivity contribution >= 4 is 17.4 Å². The first-order valence-corrected chi connectivity index (χ1v) is 6.96. The zero-order valence-corrected chi connectivity index (χ0v) is 12.4. The Kier molecular flexibility index (Phi) is 4.97. The minimum atomic E-state index is -0.137. The minimum Gasteiger partial charge on any atom is -0.484 e. The van der Waals surface area contributed by atoms with Crippen LogP contribution >= 0.6 is 11.6 Å². The fourth-order valence-electron chi connectivity index (χ4n) is 1.86. The predicted molar refractivity (Wildman–Crippen MR) is 81.8 cm³/mol. The highest BCUT2D eigenvalue weighted by Gasteiger charge is 2.09. The van der Waals surface area contributed by atoms with Crippen LogP contribution in [0.3, 0.4) is 0 Å². The lowest BCUT2D eigenvalue weighted by Gasteiger charge is -2.08. The number of Topliss-reactive ketones (excluding diaryl/α,β-unsaturated/α-hetero) is 1. The molecule has 0 spiro atoms. The average Bonchev–Trinajstić information content (AvgIpc) is 2.52. The van der Waals surface area contributed by atoms with Crippen LogP contribution in [-0.4, -0.2) is 12.4 Å². The van der Waals surface area contributed by atoms with Gasteiger partial charge in [0.2, 0.25) is 0 Å². The summed E-state index contributed by atoms with van der Waals surface area (Å²) in [4.78, 5) is 12.1. The van der Waals surface area contributed by atoms with Crippen LogP contribution in [0.5, 0.6) is 5.75 Å². The van der Waals surface area contributed by atoms with E-state index in [4.69, 9.17) is 21.6 Å². The molecule has 2 aromatic rings. The van der Waals surface area contributed by atoms with Crippen LogP contribution in [-0.2, 0) is 6.42 Å². The number of rotatable bonds is 5. The van der Waals surface area contributed by atoms with Crippen molar-refractivity contribution in [3.63, 3.8) is 0 Å². The molecular weight excluding hydrogens is 286 g/mol. The van der Waals surface area contributed by atoms with Crippen LogP contribution < -0.4 is 4.74 Å². The van der Waals surface area contributed by atoms with Crippen LogP contribution in [0, 0.1) is 11.3 Å². The third-order valence-electron chi connectivity index (χ3n) is 3.11. The first-order valence-electron chi connectivity index (χ1n) is 6.58. The number of benzene rings is 2. The van der Waals surface area contributed by atoms with Crippen molar-refractivity contribution in [1.29, 1.82) is 5.26 Å². The van der Waals surface area contributed by atoms with E-state index in [0.29, 0.717) is 21.9 Å². The summed E-state index contributed by atoms with van der Waals surface area (Å²) in [5, 5.41) is 9.45. The predicted octanol–water partition coefficient (Wildman–Crippen LogP) is 4.04. The number of hydrogen-bond donors (Lipinski definition) is 0. The van der Waals surface area contributed by atoms with Gasteiger partial charge in [-0.15, -0.1) is 0 Å². The number of halogens is 1. The molecular formula is C17H14ClNO2. The van der Waals surface area contributed by atoms with Crippen LogP contribution in [0.2, 0.25) is 5.02 Å². The molecule has 4 heteroatoms. The molecule has 0 aliphatic carbocycles. The number of carbonyl (C=O) groups is 1. The van der Waals surface area contributed by atoms with Crippen molar-refractivity contribution in [2.75, 3.05) is 6.61 Å². The third kappa shape index (κ3) is 3.84. The molecule has 2 rings (SSSR count). The van der Waals surface area contributed by atoms with E-state index in [0.717, 1.165) is 6.42 Å². The molecule has 21 heavy (non-hydrogen) atoms. The smallest absolute Gasteiger partial charge is 0.200 e. The Bertz CT molecular complexity index is 687. The fourth-order valence-corrected chi connectivity index (χ4v) is 2.02. The highest BCUT2D eigenvalue weighted by molar-refractivity contribution is 6.30. The molecule has 106 valence electrons. The molecule has 0 atom stereocenters. The van der Waals surface area contributed by atoms with Gasteiger partial charge in [0, 0.05) is 16.7 Å². The number of carbonyl (C=O) groups excluding carboxylic acids is 1. The number of nitriles is 1. The molecule has 0 N–H and O–H groups in total. The van der Waals surface area contributed by atoms with Gasteiger partial charge in [-0.2, -0.15) is 5.26 Å². The maximum atomic E-state index is 12.1. The van der Waals surface area contributed by atoms with Crippen molar-refractivity contribution in [3.05, 3.63) is 64.2 Å². The SMILES string of the molecule is CCc1ccc(C(=O)COc2cc(Cl)ccc2C#N)cc1. The second-order valence-corrected chi connectivity index (χ2v) is 4.95.